The fourth-order valence-electron chi connectivity index (χ4n) is 2.11. The lowest BCUT2D eigenvalue weighted by Crippen LogP contribution is -2.55. The molecular weight excluding hydrogens is 254 g/mol. The van der Waals surface area contributed by atoms with E-state index in [-0.39, 0.29) is 18.4 Å². The third-order valence-corrected chi connectivity index (χ3v) is 3.20. The van der Waals surface area contributed by atoms with Gasteiger partial charge in [0, 0.05) is 24.2 Å². The first kappa shape index (κ1) is 14.1. The molecule has 1 aromatic rings. The molecule has 0 radical (unpaired) electrons. The van der Waals surface area contributed by atoms with E-state index in [1.807, 2.05) is 6.07 Å². The van der Waals surface area contributed by atoms with Crippen molar-refractivity contribution >= 4 is 11.8 Å². The number of rotatable bonds is 1. The molecule has 5 heteroatoms. The molecule has 0 aliphatic carbocycles. The topological polar surface area (TPSA) is 75.4 Å². The van der Waals surface area contributed by atoms with E-state index in [1.165, 1.54) is 0 Å². The van der Waals surface area contributed by atoms with Gasteiger partial charge in [-0.3, -0.25) is 9.59 Å². The second-order valence-electron chi connectivity index (χ2n) is 4.55. The molecule has 1 heterocycles. The van der Waals surface area contributed by atoms with E-state index < -0.39 is 6.04 Å². The average Bonchev–Trinajstić information content (AvgIpc) is 2.47. The van der Waals surface area contributed by atoms with Crippen LogP contribution in [0.1, 0.15) is 22.8 Å². The Morgan fingerprint density at radius 2 is 2.35 bits per heavy atom. The molecule has 2 rings (SSSR count). The van der Waals surface area contributed by atoms with Crippen LogP contribution in [0.2, 0.25) is 0 Å². The molecule has 1 atom stereocenters. The Morgan fingerprint density at radius 1 is 1.55 bits per heavy atom. The lowest BCUT2D eigenvalue weighted by Gasteiger charge is -2.32. The Kier molecular flexibility index (Phi) is 4.38. The number of hydrogen-bond donors (Lipinski definition) is 2. The molecule has 0 spiro atoms. The van der Waals surface area contributed by atoms with Gasteiger partial charge < -0.3 is 16.0 Å². The van der Waals surface area contributed by atoms with Gasteiger partial charge in [-0.1, -0.05) is 17.9 Å². The summed E-state index contributed by atoms with van der Waals surface area (Å²) in [7, 11) is 0. The Hall–Kier alpha value is -2.32. The number of nitrogens with one attached hydrogen (secondary N) is 1. The number of hydrogen-bond acceptors (Lipinski definition) is 3. The highest BCUT2D eigenvalue weighted by atomic mass is 16.2. The fraction of sp³-hybridized carbons (Fsp3) is 0.333. The van der Waals surface area contributed by atoms with E-state index in [0.29, 0.717) is 18.7 Å². The number of amides is 2. The zero-order chi connectivity index (χ0) is 14.5. The number of carbonyl (C=O) groups excluding carboxylic acids is 2. The lowest BCUT2D eigenvalue weighted by molar-refractivity contribution is -0.127. The second-order valence-corrected chi connectivity index (χ2v) is 4.55. The molecule has 1 fully saturated rings. The average molecular weight is 271 g/mol. The van der Waals surface area contributed by atoms with E-state index in [0.717, 1.165) is 5.56 Å². The highest BCUT2D eigenvalue weighted by Gasteiger charge is 2.29. The SMILES string of the molecule is CC1C(=O)NCCN1C(=O)c1cccc(C#CCN)c1. The van der Waals surface area contributed by atoms with E-state index in [9.17, 15) is 9.59 Å². The normalized spacial score (nSPS) is 18.0. The standard InChI is InChI=1S/C15H17N3O2/c1-11-14(19)17-8-9-18(11)15(20)13-6-2-4-12(10-13)5-3-7-16/h2,4,6,10-11H,7-9,16H2,1H3,(H,17,19). The maximum Gasteiger partial charge on any atom is 0.254 e. The van der Waals surface area contributed by atoms with Crippen molar-refractivity contribution in [2.75, 3.05) is 19.6 Å². The Bertz CT molecular complexity index is 586. The van der Waals surface area contributed by atoms with Gasteiger partial charge in [0.15, 0.2) is 0 Å². The monoisotopic (exact) mass is 271 g/mol. The zero-order valence-electron chi connectivity index (χ0n) is 11.3. The summed E-state index contributed by atoms with van der Waals surface area (Å²) in [5.41, 5.74) is 6.61. The van der Waals surface area contributed by atoms with Crippen LogP contribution in [0.5, 0.6) is 0 Å². The fourth-order valence-corrected chi connectivity index (χ4v) is 2.11. The van der Waals surface area contributed by atoms with Crippen molar-refractivity contribution in [3.8, 4) is 11.8 Å². The summed E-state index contributed by atoms with van der Waals surface area (Å²) in [6, 6.07) is 6.61. The first-order valence-electron chi connectivity index (χ1n) is 6.51. The second kappa shape index (κ2) is 6.22. The van der Waals surface area contributed by atoms with E-state index >= 15 is 0 Å². The number of nitrogens with two attached hydrogens (primary N) is 1. The van der Waals surface area contributed by atoms with E-state index in [4.69, 9.17) is 5.73 Å². The maximum atomic E-state index is 12.5. The molecule has 1 aliphatic heterocycles. The number of carbonyl (C=O) groups is 2. The van der Waals surface area contributed by atoms with Crippen LogP contribution in [-0.4, -0.2) is 42.4 Å². The summed E-state index contributed by atoms with van der Waals surface area (Å²) in [5, 5.41) is 2.74. The van der Waals surface area contributed by atoms with Gasteiger partial charge in [0.05, 0.1) is 6.54 Å². The summed E-state index contributed by atoms with van der Waals surface area (Å²) >= 11 is 0. The van der Waals surface area contributed by atoms with Crippen LogP contribution in [-0.2, 0) is 4.79 Å². The molecule has 3 N–H and O–H groups in total. The first-order valence-corrected chi connectivity index (χ1v) is 6.51. The van der Waals surface area contributed by atoms with Crippen LogP contribution in [0.4, 0.5) is 0 Å². The summed E-state index contributed by atoms with van der Waals surface area (Å²) < 4.78 is 0. The zero-order valence-corrected chi connectivity index (χ0v) is 11.3. The number of nitrogens with zero attached hydrogens (tertiary/aromatic N) is 1. The molecule has 20 heavy (non-hydrogen) atoms. The van der Waals surface area contributed by atoms with Gasteiger partial charge >= 0.3 is 0 Å². The minimum atomic E-state index is -0.449. The highest BCUT2D eigenvalue weighted by Crippen LogP contribution is 2.12. The Morgan fingerprint density at radius 3 is 3.10 bits per heavy atom. The minimum absolute atomic E-state index is 0.122. The van der Waals surface area contributed by atoms with Gasteiger partial charge in [0.2, 0.25) is 5.91 Å². The molecule has 5 nitrogen and oxygen atoms in total. The quantitative estimate of drug-likeness (QED) is 0.704. The van der Waals surface area contributed by atoms with Crippen molar-refractivity contribution in [3.05, 3.63) is 35.4 Å². The van der Waals surface area contributed by atoms with E-state index in [1.54, 1.807) is 30.0 Å². The summed E-state index contributed by atoms with van der Waals surface area (Å²) in [4.78, 5) is 25.6. The molecule has 1 aromatic carbocycles. The molecule has 0 saturated carbocycles. The van der Waals surface area contributed by atoms with Gasteiger partial charge in [-0.2, -0.15) is 0 Å². The third-order valence-electron chi connectivity index (χ3n) is 3.20. The van der Waals surface area contributed by atoms with Crippen LogP contribution in [0.15, 0.2) is 24.3 Å². The Labute approximate surface area is 118 Å². The van der Waals surface area contributed by atoms with Crippen molar-refractivity contribution in [2.24, 2.45) is 5.73 Å². The third kappa shape index (κ3) is 2.98. The first-order chi connectivity index (χ1) is 9.63. The molecule has 1 aliphatic rings. The smallest absolute Gasteiger partial charge is 0.254 e. The van der Waals surface area contributed by atoms with E-state index in [2.05, 4.69) is 17.2 Å². The highest BCUT2D eigenvalue weighted by molar-refractivity contribution is 5.98. The molecule has 2 amide bonds. The molecule has 1 unspecified atom stereocenters. The van der Waals surface area contributed by atoms with Crippen molar-refractivity contribution < 1.29 is 9.59 Å². The predicted octanol–water partition coefficient (Wildman–Crippen LogP) is -0.0427. The van der Waals surface area contributed by atoms with Crippen LogP contribution in [0, 0.1) is 11.8 Å². The summed E-state index contributed by atoms with van der Waals surface area (Å²) in [5.74, 6) is 5.38. The van der Waals surface area contributed by atoms with Gasteiger partial charge in [0.25, 0.3) is 5.91 Å². The van der Waals surface area contributed by atoms with Crippen LogP contribution in [0.3, 0.4) is 0 Å². The molecule has 1 saturated heterocycles. The predicted molar refractivity (Wildman–Crippen MR) is 75.9 cm³/mol. The van der Waals surface area contributed by atoms with Gasteiger partial charge in [0.1, 0.15) is 6.04 Å². The Balaban J connectivity index is 2.22. The number of piperazine rings is 1. The van der Waals surface area contributed by atoms with Crippen molar-refractivity contribution in [2.45, 2.75) is 13.0 Å². The lowest BCUT2D eigenvalue weighted by atomic mass is 10.1. The molecular formula is C15H17N3O2. The van der Waals surface area contributed by atoms with Gasteiger partial charge in [-0.05, 0) is 25.1 Å². The van der Waals surface area contributed by atoms with Crippen molar-refractivity contribution in [1.29, 1.82) is 0 Å². The molecule has 0 aromatic heterocycles. The summed E-state index contributed by atoms with van der Waals surface area (Å²) in [6.07, 6.45) is 0. The van der Waals surface area contributed by atoms with Crippen LogP contribution < -0.4 is 11.1 Å². The minimum Gasteiger partial charge on any atom is -0.353 e. The maximum absolute atomic E-state index is 12.5. The van der Waals surface area contributed by atoms with Gasteiger partial charge in [-0.25, -0.2) is 0 Å². The summed E-state index contributed by atoms with van der Waals surface area (Å²) in [6.45, 7) is 3.01. The van der Waals surface area contributed by atoms with Crippen molar-refractivity contribution in [3.63, 3.8) is 0 Å². The molecule has 0 bridgehead atoms. The van der Waals surface area contributed by atoms with Crippen LogP contribution in [0.25, 0.3) is 0 Å². The van der Waals surface area contributed by atoms with Crippen molar-refractivity contribution in [1.82, 2.24) is 10.2 Å². The molecule has 104 valence electrons. The van der Waals surface area contributed by atoms with Gasteiger partial charge in [-0.15, -0.1) is 0 Å². The largest absolute Gasteiger partial charge is 0.353 e. The van der Waals surface area contributed by atoms with Crippen LogP contribution >= 0.6 is 0 Å². The number of benzene rings is 1.